The number of rotatable bonds is 3. The minimum atomic E-state index is -0.237. The van der Waals surface area contributed by atoms with Crippen molar-refractivity contribution in [3.05, 3.63) is 41.7 Å². The minimum Gasteiger partial charge on any atom is -0.378 e. The lowest BCUT2D eigenvalue weighted by atomic mass is 10.2. The first-order valence-electron chi connectivity index (χ1n) is 6.73. The number of nitrogens with zero attached hydrogens (tertiary/aromatic N) is 3. The summed E-state index contributed by atoms with van der Waals surface area (Å²) in [5, 5.41) is 7.65. The number of hydrogen-bond acceptors (Lipinski definition) is 3. The molecule has 100 valence electrons. The summed E-state index contributed by atoms with van der Waals surface area (Å²) in [5.74, 6) is 1.62. The van der Waals surface area contributed by atoms with Gasteiger partial charge in [-0.2, -0.15) is 5.10 Å². The van der Waals surface area contributed by atoms with Crippen molar-refractivity contribution in [3.8, 4) is 0 Å². The fraction of sp³-hybridized carbons (Fsp3) is 0.429. The maximum Gasteiger partial charge on any atom is 0.169 e. The number of halogens is 1. The molecule has 1 aliphatic rings. The first kappa shape index (κ1) is 12.1. The van der Waals surface area contributed by atoms with Gasteiger partial charge in [-0.25, -0.2) is 14.1 Å². The van der Waals surface area contributed by atoms with Crippen LogP contribution < -0.4 is 5.32 Å². The van der Waals surface area contributed by atoms with E-state index in [2.05, 4.69) is 15.4 Å². The van der Waals surface area contributed by atoms with Crippen LogP contribution in [0.2, 0.25) is 0 Å². The molecule has 0 amide bonds. The summed E-state index contributed by atoms with van der Waals surface area (Å²) < 4.78 is 15.1. The predicted molar refractivity (Wildman–Crippen MR) is 71.3 cm³/mol. The molecule has 19 heavy (non-hydrogen) atoms. The van der Waals surface area contributed by atoms with Gasteiger partial charge < -0.3 is 5.32 Å². The summed E-state index contributed by atoms with van der Waals surface area (Å²) in [6, 6.07) is 6.43. The Hall–Kier alpha value is -1.91. The predicted octanol–water partition coefficient (Wildman–Crippen LogP) is 2.76. The van der Waals surface area contributed by atoms with E-state index >= 15 is 0 Å². The zero-order chi connectivity index (χ0) is 13.1. The molecule has 1 aromatic carbocycles. The number of hydrogen-bond donors (Lipinski definition) is 1. The molecule has 1 aliphatic heterocycles. The van der Waals surface area contributed by atoms with E-state index in [1.165, 1.54) is 31.4 Å². The van der Waals surface area contributed by atoms with Gasteiger partial charge >= 0.3 is 0 Å². The van der Waals surface area contributed by atoms with Crippen LogP contribution in [-0.2, 0) is 19.5 Å². The zero-order valence-electron chi connectivity index (χ0n) is 10.8. The van der Waals surface area contributed by atoms with E-state index in [4.69, 9.17) is 0 Å². The molecule has 0 bridgehead atoms. The molecule has 5 heteroatoms. The molecule has 0 aliphatic carbocycles. The van der Waals surface area contributed by atoms with Crippen molar-refractivity contribution in [1.29, 1.82) is 0 Å². The Morgan fingerprint density at radius 3 is 3.11 bits per heavy atom. The van der Waals surface area contributed by atoms with Crippen LogP contribution in [0.1, 0.15) is 30.9 Å². The van der Waals surface area contributed by atoms with Gasteiger partial charge in [0.25, 0.3) is 0 Å². The van der Waals surface area contributed by atoms with Crippen molar-refractivity contribution < 1.29 is 4.39 Å². The van der Waals surface area contributed by atoms with E-state index in [0.717, 1.165) is 30.3 Å². The van der Waals surface area contributed by atoms with Crippen LogP contribution in [0.4, 0.5) is 10.1 Å². The molecule has 4 nitrogen and oxygen atoms in total. The van der Waals surface area contributed by atoms with E-state index < -0.39 is 0 Å². The quantitative estimate of drug-likeness (QED) is 0.922. The van der Waals surface area contributed by atoms with Crippen LogP contribution in [0.5, 0.6) is 0 Å². The largest absolute Gasteiger partial charge is 0.378 e. The molecule has 0 spiro atoms. The second kappa shape index (κ2) is 5.38. The standard InChI is InChI=1S/C14H17FN4/c15-11-5-4-6-12(9-11)16-10-13-17-14-7-2-1-3-8-19(14)18-13/h4-6,9,16H,1-3,7-8,10H2. The third kappa shape index (κ3) is 2.92. The molecule has 0 radical (unpaired) electrons. The Bertz CT molecular complexity index is 541. The molecular formula is C14H17FN4. The second-order valence-corrected chi connectivity index (χ2v) is 4.84. The Morgan fingerprint density at radius 1 is 1.26 bits per heavy atom. The minimum absolute atomic E-state index is 0.237. The van der Waals surface area contributed by atoms with Crippen LogP contribution >= 0.6 is 0 Å². The van der Waals surface area contributed by atoms with E-state index in [-0.39, 0.29) is 5.82 Å². The van der Waals surface area contributed by atoms with Gasteiger partial charge in [0.15, 0.2) is 5.82 Å². The molecule has 2 aromatic rings. The Balaban J connectivity index is 1.67. The van der Waals surface area contributed by atoms with Gasteiger partial charge in [-0.3, -0.25) is 0 Å². The first-order valence-corrected chi connectivity index (χ1v) is 6.73. The summed E-state index contributed by atoms with van der Waals surface area (Å²) in [6.45, 7) is 1.49. The zero-order valence-corrected chi connectivity index (χ0v) is 10.8. The second-order valence-electron chi connectivity index (χ2n) is 4.84. The molecule has 1 aromatic heterocycles. The number of nitrogens with one attached hydrogen (secondary N) is 1. The highest BCUT2D eigenvalue weighted by molar-refractivity contribution is 5.42. The fourth-order valence-corrected chi connectivity index (χ4v) is 2.37. The van der Waals surface area contributed by atoms with E-state index in [1.807, 2.05) is 10.7 Å². The molecule has 0 saturated carbocycles. The van der Waals surface area contributed by atoms with Crippen molar-refractivity contribution in [1.82, 2.24) is 14.8 Å². The topological polar surface area (TPSA) is 42.7 Å². The summed E-state index contributed by atoms with van der Waals surface area (Å²) >= 11 is 0. The molecule has 0 fully saturated rings. The van der Waals surface area contributed by atoms with E-state index in [9.17, 15) is 4.39 Å². The van der Waals surface area contributed by atoms with Crippen LogP contribution in [-0.4, -0.2) is 14.8 Å². The number of fused-ring (bicyclic) bond motifs is 1. The lowest BCUT2D eigenvalue weighted by Gasteiger charge is -2.03. The number of aryl methyl sites for hydroxylation is 2. The Labute approximate surface area is 111 Å². The highest BCUT2D eigenvalue weighted by atomic mass is 19.1. The molecule has 1 N–H and O–H groups in total. The van der Waals surface area contributed by atoms with E-state index in [1.54, 1.807) is 6.07 Å². The number of anilines is 1. The monoisotopic (exact) mass is 260 g/mol. The third-order valence-electron chi connectivity index (χ3n) is 3.34. The van der Waals surface area contributed by atoms with Gasteiger partial charge in [-0.1, -0.05) is 12.5 Å². The summed E-state index contributed by atoms with van der Waals surface area (Å²) in [7, 11) is 0. The van der Waals surface area contributed by atoms with Crippen molar-refractivity contribution in [2.75, 3.05) is 5.32 Å². The molecular weight excluding hydrogens is 243 g/mol. The highest BCUT2D eigenvalue weighted by Gasteiger charge is 2.12. The normalized spacial score (nSPS) is 14.8. The van der Waals surface area contributed by atoms with Gasteiger partial charge in [-0.05, 0) is 31.0 Å². The van der Waals surface area contributed by atoms with Gasteiger partial charge in [-0.15, -0.1) is 0 Å². The van der Waals surface area contributed by atoms with Crippen molar-refractivity contribution in [2.45, 2.75) is 38.8 Å². The average Bonchev–Trinajstić information content (AvgIpc) is 2.67. The summed E-state index contributed by atoms with van der Waals surface area (Å²) in [5.41, 5.74) is 0.755. The van der Waals surface area contributed by atoms with Crippen molar-refractivity contribution in [3.63, 3.8) is 0 Å². The average molecular weight is 260 g/mol. The lowest BCUT2D eigenvalue weighted by molar-refractivity contribution is 0.570. The van der Waals surface area contributed by atoms with E-state index in [0.29, 0.717) is 6.54 Å². The van der Waals surface area contributed by atoms with Crippen LogP contribution in [0.3, 0.4) is 0 Å². The highest BCUT2D eigenvalue weighted by Crippen LogP contribution is 2.14. The maximum atomic E-state index is 13.0. The number of benzene rings is 1. The molecule has 0 atom stereocenters. The maximum absolute atomic E-state index is 13.0. The smallest absolute Gasteiger partial charge is 0.169 e. The van der Waals surface area contributed by atoms with Crippen molar-refractivity contribution >= 4 is 5.69 Å². The van der Waals surface area contributed by atoms with Crippen LogP contribution in [0, 0.1) is 5.82 Å². The molecule has 3 rings (SSSR count). The van der Waals surface area contributed by atoms with Gasteiger partial charge in [0.05, 0.1) is 6.54 Å². The SMILES string of the molecule is Fc1cccc(NCc2nc3n(n2)CCCCC3)c1. The molecule has 0 unspecified atom stereocenters. The third-order valence-corrected chi connectivity index (χ3v) is 3.34. The number of aromatic nitrogens is 3. The molecule has 2 heterocycles. The Morgan fingerprint density at radius 2 is 2.21 bits per heavy atom. The van der Waals surface area contributed by atoms with Crippen LogP contribution in [0.25, 0.3) is 0 Å². The van der Waals surface area contributed by atoms with Crippen molar-refractivity contribution in [2.24, 2.45) is 0 Å². The Kier molecular flexibility index (Phi) is 3.44. The van der Waals surface area contributed by atoms with Gasteiger partial charge in [0.1, 0.15) is 11.6 Å². The summed E-state index contributed by atoms with van der Waals surface area (Å²) in [6.07, 6.45) is 4.62. The molecule has 0 saturated heterocycles. The summed E-state index contributed by atoms with van der Waals surface area (Å²) in [4.78, 5) is 4.54. The van der Waals surface area contributed by atoms with Crippen LogP contribution in [0.15, 0.2) is 24.3 Å². The fourth-order valence-electron chi connectivity index (χ4n) is 2.37. The first-order chi connectivity index (χ1) is 9.31. The van der Waals surface area contributed by atoms with Gasteiger partial charge in [0.2, 0.25) is 0 Å². The lowest BCUT2D eigenvalue weighted by Crippen LogP contribution is -2.04. The van der Waals surface area contributed by atoms with Gasteiger partial charge in [0, 0.05) is 18.7 Å².